The van der Waals surface area contributed by atoms with Crippen LogP contribution in [0.5, 0.6) is 0 Å². The number of aliphatic carboxylic acids is 1. The third-order valence-electron chi connectivity index (χ3n) is 4.11. The van der Waals surface area contributed by atoms with Gasteiger partial charge in [0.25, 0.3) is 0 Å². The van der Waals surface area contributed by atoms with Crippen LogP contribution < -0.4 is 0 Å². The molecule has 0 fully saturated rings. The molecule has 2 aromatic rings. The molecule has 9 nitrogen and oxygen atoms in total. The highest BCUT2D eigenvalue weighted by Crippen LogP contribution is 2.33. The Bertz CT molecular complexity index is 922. The number of aliphatic hydroxyl groups is 1. The lowest BCUT2D eigenvalue weighted by atomic mass is 9.86. The molecule has 0 bridgehead atoms. The number of benzene rings is 1. The third-order valence-corrected chi connectivity index (χ3v) is 5.40. The maximum absolute atomic E-state index is 14.4. The van der Waals surface area contributed by atoms with Gasteiger partial charge in [-0.1, -0.05) is 6.07 Å². The Morgan fingerprint density at radius 3 is 2.56 bits per heavy atom. The van der Waals surface area contributed by atoms with Crippen LogP contribution in [0.15, 0.2) is 30.9 Å². The maximum atomic E-state index is 14.4. The maximum Gasteiger partial charge on any atom is 0.318 e. The Hall–Kier alpha value is -2.44. The summed E-state index contributed by atoms with van der Waals surface area (Å²) in [6, 6.07) is 0.975. The van der Waals surface area contributed by atoms with Crippen molar-refractivity contribution in [3.8, 4) is 0 Å². The lowest BCUT2D eigenvalue weighted by molar-refractivity contribution is -0.138. The summed E-state index contributed by atoms with van der Waals surface area (Å²) >= 11 is 0. The highest BCUT2D eigenvalue weighted by molar-refractivity contribution is 7.88. The fourth-order valence-corrected chi connectivity index (χ4v) is 3.85. The quantitative estimate of drug-likeness (QED) is 0.643. The zero-order valence-electron chi connectivity index (χ0n) is 14.5. The lowest BCUT2D eigenvalue weighted by Gasteiger charge is -2.39. The van der Waals surface area contributed by atoms with Crippen molar-refractivity contribution >= 4 is 16.0 Å². The minimum absolute atomic E-state index is 0.411. The first-order valence-corrected chi connectivity index (χ1v) is 9.49. The van der Waals surface area contributed by atoms with Crippen molar-refractivity contribution in [1.82, 2.24) is 19.1 Å². The molecule has 1 heterocycles. The van der Waals surface area contributed by atoms with Gasteiger partial charge >= 0.3 is 5.97 Å². The van der Waals surface area contributed by atoms with E-state index < -0.39 is 57.9 Å². The number of aromatic nitrogens is 3. The Morgan fingerprint density at radius 2 is 2.07 bits per heavy atom. The summed E-state index contributed by atoms with van der Waals surface area (Å²) in [5.74, 6) is -3.47. The first-order chi connectivity index (χ1) is 12.4. The van der Waals surface area contributed by atoms with E-state index in [0.29, 0.717) is 10.4 Å². The standard InChI is InChI=1S/C15H18F2N4O5S/c1-10(21(6-14(22)23)27(2,25)26)15(24,7-20-9-18-8-19-20)12-4-3-11(16)5-13(12)17/h3-5,8-10,24H,6-7H2,1-2H3,(H,22,23). The van der Waals surface area contributed by atoms with E-state index in [1.807, 2.05) is 0 Å². The van der Waals surface area contributed by atoms with Crippen LogP contribution in [0.25, 0.3) is 0 Å². The molecule has 0 spiro atoms. The van der Waals surface area contributed by atoms with Gasteiger partial charge in [-0.2, -0.15) is 9.40 Å². The Morgan fingerprint density at radius 1 is 1.41 bits per heavy atom. The van der Waals surface area contributed by atoms with Crippen molar-refractivity contribution in [2.24, 2.45) is 0 Å². The van der Waals surface area contributed by atoms with Crippen LogP contribution in [0.1, 0.15) is 12.5 Å². The molecule has 0 saturated carbocycles. The van der Waals surface area contributed by atoms with Crippen molar-refractivity contribution < 1.29 is 32.2 Å². The Kier molecular flexibility index (Phi) is 5.92. The minimum Gasteiger partial charge on any atom is -0.480 e. The van der Waals surface area contributed by atoms with E-state index in [4.69, 9.17) is 5.11 Å². The smallest absolute Gasteiger partial charge is 0.318 e. The number of hydrogen-bond donors (Lipinski definition) is 2. The second kappa shape index (κ2) is 7.66. The number of hydrogen-bond acceptors (Lipinski definition) is 6. The summed E-state index contributed by atoms with van der Waals surface area (Å²) in [5, 5.41) is 24.1. The van der Waals surface area contributed by atoms with Crippen LogP contribution in [0, 0.1) is 11.6 Å². The van der Waals surface area contributed by atoms with Gasteiger partial charge in [-0.3, -0.25) is 4.79 Å². The summed E-state index contributed by atoms with van der Waals surface area (Å²) in [6.07, 6.45) is 3.13. The van der Waals surface area contributed by atoms with Gasteiger partial charge in [-0.05, 0) is 13.0 Å². The Balaban J connectivity index is 2.61. The topological polar surface area (TPSA) is 126 Å². The molecule has 0 aliphatic heterocycles. The van der Waals surface area contributed by atoms with Crippen molar-refractivity contribution in [3.63, 3.8) is 0 Å². The molecule has 0 saturated heterocycles. The fraction of sp³-hybridized carbons (Fsp3) is 0.400. The molecule has 2 unspecified atom stereocenters. The zero-order chi connectivity index (χ0) is 20.4. The van der Waals surface area contributed by atoms with Gasteiger partial charge < -0.3 is 10.2 Å². The first-order valence-electron chi connectivity index (χ1n) is 7.64. The van der Waals surface area contributed by atoms with Crippen molar-refractivity contribution in [2.75, 3.05) is 12.8 Å². The first kappa shape index (κ1) is 20.9. The average molecular weight is 404 g/mol. The molecular weight excluding hydrogens is 386 g/mol. The summed E-state index contributed by atoms with van der Waals surface area (Å²) in [7, 11) is -4.10. The van der Waals surface area contributed by atoms with Crippen LogP contribution in [0.3, 0.4) is 0 Å². The van der Waals surface area contributed by atoms with E-state index in [-0.39, 0.29) is 0 Å². The fourth-order valence-electron chi connectivity index (χ4n) is 2.76. The van der Waals surface area contributed by atoms with Crippen LogP contribution in [-0.2, 0) is 27.0 Å². The second-order valence-electron chi connectivity index (χ2n) is 6.02. The average Bonchev–Trinajstić information content (AvgIpc) is 3.03. The number of carbonyl (C=O) groups is 1. The molecule has 0 amide bonds. The van der Waals surface area contributed by atoms with Crippen molar-refractivity contribution in [2.45, 2.75) is 25.1 Å². The molecule has 2 atom stereocenters. The molecule has 2 N–H and O–H groups in total. The van der Waals surface area contributed by atoms with Crippen LogP contribution >= 0.6 is 0 Å². The van der Waals surface area contributed by atoms with Crippen LogP contribution in [-0.4, -0.2) is 62.5 Å². The van der Waals surface area contributed by atoms with Crippen LogP contribution in [0.4, 0.5) is 8.78 Å². The minimum atomic E-state index is -4.10. The highest BCUT2D eigenvalue weighted by atomic mass is 32.2. The van der Waals surface area contributed by atoms with Gasteiger partial charge in [0.2, 0.25) is 10.0 Å². The van der Waals surface area contributed by atoms with Gasteiger partial charge in [0.1, 0.15) is 36.4 Å². The lowest BCUT2D eigenvalue weighted by Crippen LogP contribution is -2.54. The van der Waals surface area contributed by atoms with Crippen molar-refractivity contribution in [3.05, 3.63) is 48.1 Å². The van der Waals surface area contributed by atoms with E-state index in [2.05, 4.69) is 10.1 Å². The van der Waals surface area contributed by atoms with E-state index in [0.717, 1.165) is 29.4 Å². The number of carboxylic acids is 1. The summed E-state index contributed by atoms with van der Waals surface area (Å²) in [6.45, 7) is -0.186. The van der Waals surface area contributed by atoms with Crippen LogP contribution in [0.2, 0.25) is 0 Å². The van der Waals surface area contributed by atoms with E-state index >= 15 is 0 Å². The van der Waals surface area contributed by atoms with E-state index in [1.165, 1.54) is 13.3 Å². The molecule has 1 aromatic heterocycles. The molecule has 1 aromatic carbocycles. The molecule has 0 radical (unpaired) electrons. The summed E-state index contributed by atoms with van der Waals surface area (Å²) < 4.78 is 53.6. The number of rotatable bonds is 8. The molecular formula is C15H18F2N4O5S. The molecule has 0 aliphatic rings. The van der Waals surface area contributed by atoms with Gasteiger partial charge in [-0.25, -0.2) is 26.9 Å². The third kappa shape index (κ3) is 4.64. The number of nitrogens with zero attached hydrogens (tertiary/aromatic N) is 4. The van der Waals surface area contributed by atoms with E-state index in [9.17, 15) is 27.1 Å². The predicted molar refractivity (Wildman–Crippen MR) is 88.9 cm³/mol. The molecule has 2 rings (SSSR count). The zero-order valence-corrected chi connectivity index (χ0v) is 15.3. The number of sulfonamides is 1. The summed E-state index contributed by atoms with van der Waals surface area (Å²) in [4.78, 5) is 14.8. The Labute approximate surface area is 153 Å². The second-order valence-corrected chi connectivity index (χ2v) is 7.95. The number of halogens is 2. The van der Waals surface area contributed by atoms with Gasteiger partial charge in [0.05, 0.1) is 18.8 Å². The van der Waals surface area contributed by atoms with Crippen molar-refractivity contribution in [1.29, 1.82) is 0 Å². The van der Waals surface area contributed by atoms with Gasteiger partial charge in [0.15, 0.2) is 0 Å². The SMILES string of the molecule is CC(N(CC(=O)O)S(C)(=O)=O)C(O)(Cn1cncn1)c1ccc(F)cc1F. The van der Waals surface area contributed by atoms with Gasteiger partial charge in [0, 0.05) is 11.6 Å². The van der Waals surface area contributed by atoms with Gasteiger partial charge in [-0.15, -0.1) is 0 Å². The largest absolute Gasteiger partial charge is 0.480 e. The molecule has 12 heteroatoms. The highest BCUT2D eigenvalue weighted by Gasteiger charge is 2.45. The summed E-state index contributed by atoms with van der Waals surface area (Å²) in [5.41, 5.74) is -2.68. The van der Waals surface area contributed by atoms with E-state index in [1.54, 1.807) is 0 Å². The normalized spacial score (nSPS) is 15.5. The molecule has 0 aliphatic carbocycles. The predicted octanol–water partition coefficient (Wildman–Crippen LogP) is 0.179. The molecule has 27 heavy (non-hydrogen) atoms. The number of carboxylic acid groups (broad SMARTS) is 1. The molecule has 148 valence electrons. The monoisotopic (exact) mass is 404 g/mol.